The van der Waals surface area contributed by atoms with Gasteiger partial charge in [0, 0.05) is 23.2 Å². The maximum Gasteiger partial charge on any atom is 0.203 e. The average molecular weight is 372 g/mol. The van der Waals surface area contributed by atoms with E-state index in [1.54, 1.807) is 0 Å². The molecular weight excluding hydrogens is 350 g/mol. The van der Waals surface area contributed by atoms with Gasteiger partial charge in [-0.05, 0) is 78.0 Å². The molecule has 0 amide bonds. The van der Waals surface area contributed by atoms with Crippen molar-refractivity contribution in [2.45, 2.75) is 26.7 Å². The van der Waals surface area contributed by atoms with E-state index in [9.17, 15) is 0 Å². The number of rotatable bonds is 2. The first-order chi connectivity index (χ1) is 11.1. The quantitative estimate of drug-likeness (QED) is 0.575. The highest BCUT2D eigenvalue weighted by Gasteiger charge is 2.17. The Morgan fingerprint density at radius 3 is 2.35 bits per heavy atom. The first-order valence-corrected chi connectivity index (χ1v) is 8.84. The van der Waals surface area contributed by atoms with Gasteiger partial charge in [0.25, 0.3) is 0 Å². The first kappa shape index (κ1) is 16.1. The summed E-state index contributed by atoms with van der Waals surface area (Å²) in [6.07, 6.45) is 2.45. The van der Waals surface area contributed by atoms with Gasteiger partial charge in [0.15, 0.2) is 0 Å². The highest BCUT2D eigenvalue weighted by Crippen LogP contribution is 2.26. The molecule has 0 aliphatic carbocycles. The van der Waals surface area contributed by atoms with E-state index >= 15 is 0 Å². The number of aryl methyl sites for hydroxylation is 2. The van der Waals surface area contributed by atoms with Crippen LogP contribution in [-0.2, 0) is 0 Å². The number of benzene rings is 2. The Kier molecular flexibility index (Phi) is 5.01. The highest BCUT2D eigenvalue weighted by molar-refractivity contribution is 9.10. The normalized spacial score (nSPS) is 15.1. The largest absolute Gasteiger partial charge is 0.342 e. The summed E-state index contributed by atoms with van der Waals surface area (Å²) < 4.78 is 1.01. The fourth-order valence-corrected chi connectivity index (χ4v) is 3.31. The average Bonchev–Trinajstić information content (AvgIpc) is 3.02. The molecule has 3 rings (SSSR count). The Bertz CT molecular complexity index is 698. The summed E-state index contributed by atoms with van der Waals surface area (Å²) in [5.74, 6) is 0.930. The van der Waals surface area contributed by atoms with Crippen LogP contribution in [-0.4, -0.2) is 23.9 Å². The molecule has 0 aromatic heterocycles. The predicted molar refractivity (Wildman–Crippen MR) is 102 cm³/mol. The number of hydrogen-bond donors (Lipinski definition) is 1. The molecule has 0 spiro atoms. The van der Waals surface area contributed by atoms with Crippen LogP contribution in [0.2, 0.25) is 0 Å². The third-order valence-corrected chi connectivity index (χ3v) is 4.63. The molecule has 1 N–H and O–H groups in total. The van der Waals surface area contributed by atoms with E-state index in [1.165, 1.54) is 24.0 Å². The predicted octanol–water partition coefficient (Wildman–Crippen LogP) is 5.26. The molecule has 0 atom stereocenters. The van der Waals surface area contributed by atoms with Gasteiger partial charge in [-0.2, -0.15) is 0 Å². The number of nitrogens with one attached hydrogen (secondary N) is 1. The number of hydrogen-bond acceptors (Lipinski definition) is 1. The molecule has 1 aliphatic rings. The Labute approximate surface area is 146 Å². The van der Waals surface area contributed by atoms with Crippen molar-refractivity contribution in [3.05, 3.63) is 58.1 Å². The van der Waals surface area contributed by atoms with Crippen molar-refractivity contribution < 1.29 is 0 Å². The maximum atomic E-state index is 4.88. The molecule has 0 unspecified atom stereocenters. The number of anilines is 1. The maximum absolute atomic E-state index is 4.88. The number of aliphatic imine (C=N–C) groups is 1. The van der Waals surface area contributed by atoms with Gasteiger partial charge in [-0.25, -0.2) is 4.99 Å². The van der Waals surface area contributed by atoms with Crippen molar-refractivity contribution in [3.63, 3.8) is 0 Å². The number of likely N-dealkylation sites (tertiary alicyclic amines) is 1. The summed E-state index contributed by atoms with van der Waals surface area (Å²) in [4.78, 5) is 7.21. The zero-order valence-corrected chi connectivity index (χ0v) is 15.2. The van der Waals surface area contributed by atoms with Gasteiger partial charge in [0.1, 0.15) is 0 Å². The molecule has 23 heavy (non-hydrogen) atoms. The molecule has 1 aliphatic heterocycles. The summed E-state index contributed by atoms with van der Waals surface area (Å²) in [6.45, 7) is 6.36. The Hall–Kier alpha value is -1.81. The summed E-state index contributed by atoms with van der Waals surface area (Å²) in [5, 5.41) is 3.53. The van der Waals surface area contributed by atoms with E-state index in [4.69, 9.17) is 4.99 Å². The van der Waals surface area contributed by atoms with Gasteiger partial charge in [-0.1, -0.05) is 18.2 Å². The molecular formula is C19H22BrN3. The Morgan fingerprint density at radius 2 is 1.70 bits per heavy atom. The number of guanidine groups is 1. The molecule has 0 saturated carbocycles. The van der Waals surface area contributed by atoms with Crippen LogP contribution in [0.1, 0.15) is 24.0 Å². The van der Waals surface area contributed by atoms with E-state index in [1.807, 2.05) is 24.3 Å². The van der Waals surface area contributed by atoms with Crippen LogP contribution in [0.5, 0.6) is 0 Å². The minimum Gasteiger partial charge on any atom is -0.342 e. The van der Waals surface area contributed by atoms with Gasteiger partial charge in [-0.15, -0.1) is 0 Å². The monoisotopic (exact) mass is 371 g/mol. The summed E-state index contributed by atoms with van der Waals surface area (Å²) in [6, 6.07) is 14.6. The van der Waals surface area contributed by atoms with Crippen LogP contribution in [0.3, 0.4) is 0 Å². The lowest BCUT2D eigenvalue weighted by atomic mass is 10.1. The second-order valence-corrected chi connectivity index (χ2v) is 6.94. The van der Waals surface area contributed by atoms with Crippen LogP contribution in [0.4, 0.5) is 11.4 Å². The number of para-hydroxylation sites is 1. The Balaban J connectivity index is 1.94. The van der Waals surface area contributed by atoms with Gasteiger partial charge in [-0.3, -0.25) is 0 Å². The Morgan fingerprint density at radius 1 is 1.04 bits per heavy atom. The van der Waals surface area contributed by atoms with Crippen LogP contribution >= 0.6 is 15.9 Å². The standard InChI is InChI=1S/C19H22BrN3/c1-14-11-15(2)13-16(12-14)21-19(23-9-5-6-10-23)22-18-8-4-3-7-17(18)20/h3-4,7-8,11-13H,5-6,9-10H2,1-2H3,(H,21,22). The number of nitrogens with zero attached hydrogens (tertiary/aromatic N) is 2. The van der Waals surface area contributed by atoms with Crippen molar-refractivity contribution in [2.24, 2.45) is 4.99 Å². The van der Waals surface area contributed by atoms with Crippen LogP contribution in [0, 0.1) is 13.8 Å². The first-order valence-electron chi connectivity index (χ1n) is 8.05. The van der Waals surface area contributed by atoms with E-state index in [-0.39, 0.29) is 0 Å². The lowest BCUT2D eigenvalue weighted by Crippen LogP contribution is -2.33. The van der Waals surface area contributed by atoms with Crippen molar-refractivity contribution in [1.82, 2.24) is 4.90 Å². The molecule has 2 aromatic rings. The van der Waals surface area contributed by atoms with Crippen LogP contribution in [0.15, 0.2) is 51.9 Å². The second kappa shape index (κ2) is 7.18. The smallest absolute Gasteiger partial charge is 0.203 e. The molecule has 3 nitrogen and oxygen atoms in total. The zero-order valence-electron chi connectivity index (χ0n) is 13.6. The third-order valence-electron chi connectivity index (χ3n) is 3.96. The molecule has 120 valence electrons. The molecule has 1 saturated heterocycles. The summed E-state index contributed by atoms with van der Waals surface area (Å²) >= 11 is 3.59. The molecule has 4 heteroatoms. The summed E-state index contributed by atoms with van der Waals surface area (Å²) in [7, 11) is 0. The van der Waals surface area contributed by atoms with Crippen molar-refractivity contribution in [3.8, 4) is 0 Å². The minimum absolute atomic E-state index is 0.930. The second-order valence-electron chi connectivity index (χ2n) is 6.08. The van der Waals surface area contributed by atoms with E-state index in [0.29, 0.717) is 0 Å². The van der Waals surface area contributed by atoms with Crippen molar-refractivity contribution >= 4 is 33.3 Å². The molecule has 1 heterocycles. The molecule has 0 radical (unpaired) electrons. The van der Waals surface area contributed by atoms with Gasteiger partial charge >= 0.3 is 0 Å². The van der Waals surface area contributed by atoms with E-state index < -0.39 is 0 Å². The number of halogens is 1. The van der Waals surface area contributed by atoms with E-state index in [2.05, 4.69) is 58.2 Å². The highest BCUT2D eigenvalue weighted by atomic mass is 79.9. The third kappa shape index (κ3) is 4.14. The molecule has 0 bridgehead atoms. The van der Waals surface area contributed by atoms with Crippen LogP contribution < -0.4 is 5.32 Å². The van der Waals surface area contributed by atoms with E-state index in [0.717, 1.165) is 34.9 Å². The lowest BCUT2D eigenvalue weighted by molar-refractivity contribution is 0.518. The van der Waals surface area contributed by atoms with Crippen molar-refractivity contribution in [2.75, 3.05) is 18.4 Å². The molecule has 2 aromatic carbocycles. The topological polar surface area (TPSA) is 27.6 Å². The van der Waals surface area contributed by atoms with Gasteiger partial charge < -0.3 is 10.2 Å². The van der Waals surface area contributed by atoms with Gasteiger partial charge in [0.2, 0.25) is 5.96 Å². The minimum atomic E-state index is 0.930. The summed E-state index contributed by atoms with van der Waals surface area (Å²) in [5.41, 5.74) is 4.56. The van der Waals surface area contributed by atoms with Gasteiger partial charge in [0.05, 0.1) is 5.69 Å². The zero-order chi connectivity index (χ0) is 16.2. The lowest BCUT2D eigenvalue weighted by Gasteiger charge is -2.22. The fourth-order valence-electron chi connectivity index (χ4n) is 2.94. The SMILES string of the molecule is Cc1cc(C)cc(NC(=Nc2ccccc2Br)N2CCCC2)c1. The fraction of sp³-hybridized carbons (Fsp3) is 0.316. The van der Waals surface area contributed by atoms with Crippen LogP contribution in [0.25, 0.3) is 0 Å². The van der Waals surface area contributed by atoms with Crippen molar-refractivity contribution in [1.29, 1.82) is 0 Å². The molecule has 1 fully saturated rings.